The number of hydrogen-bond donors (Lipinski definition) is 1. The number of pyridine rings is 2. The molecule has 0 fully saturated rings. The first kappa shape index (κ1) is 12.9. The molecule has 0 amide bonds. The lowest BCUT2D eigenvalue weighted by molar-refractivity contribution is 1.32. The van der Waals surface area contributed by atoms with Crippen molar-refractivity contribution in [3.8, 4) is 11.5 Å². The van der Waals surface area contributed by atoms with E-state index >= 15 is 0 Å². The summed E-state index contributed by atoms with van der Waals surface area (Å²) in [6, 6.07) is 1.77. The van der Waals surface area contributed by atoms with E-state index in [2.05, 4.69) is 41.1 Å². The van der Waals surface area contributed by atoms with Crippen molar-refractivity contribution in [1.82, 2.24) is 9.97 Å². The first-order valence-electron chi connectivity index (χ1n) is 5.60. The number of rotatable bonds is 0. The fourth-order valence-corrected chi connectivity index (χ4v) is 2.15. The van der Waals surface area contributed by atoms with E-state index in [1.54, 1.807) is 18.5 Å². The third-order valence-electron chi connectivity index (χ3n) is 2.33. The Bertz CT molecular complexity index is 665. The zero-order valence-corrected chi connectivity index (χ0v) is 12.3. The summed E-state index contributed by atoms with van der Waals surface area (Å²) < 4.78 is 0. The predicted octanol–water partition coefficient (Wildman–Crippen LogP) is 3.09. The molecule has 2 rings (SSSR count). The third-order valence-corrected chi connectivity index (χ3v) is 3.41. The number of aromatic nitrogens is 2. The minimum atomic E-state index is -1.45. The fraction of sp³-hybridized carbons (Fsp3) is 0.231. The van der Waals surface area contributed by atoms with Gasteiger partial charge in [0.15, 0.2) is 0 Å². The van der Waals surface area contributed by atoms with E-state index in [-0.39, 0.29) is 0 Å². The molecule has 18 heavy (non-hydrogen) atoms. The van der Waals surface area contributed by atoms with Crippen LogP contribution in [0, 0.1) is 11.5 Å². The number of anilines is 1. The topological polar surface area (TPSA) is 51.8 Å². The standard InChI is InChI=1S/C13H14ClN3Si/c1-18(2,3)5-4-10-11-8-16-12(14)6-9(11)7-17-13(10)15/h6-8H,1-3H3,(H2,15,17). The Balaban J connectivity index is 2.68. The predicted molar refractivity (Wildman–Crippen MR) is 79.2 cm³/mol. The zero-order valence-electron chi connectivity index (χ0n) is 10.6. The van der Waals surface area contributed by atoms with Crippen LogP contribution in [0.15, 0.2) is 18.5 Å². The Hall–Kier alpha value is -1.57. The van der Waals surface area contributed by atoms with E-state index in [4.69, 9.17) is 17.3 Å². The van der Waals surface area contributed by atoms with Crippen LogP contribution in [0.4, 0.5) is 5.82 Å². The monoisotopic (exact) mass is 275 g/mol. The van der Waals surface area contributed by atoms with E-state index < -0.39 is 8.07 Å². The maximum atomic E-state index is 5.90. The van der Waals surface area contributed by atoms with Crippen LogP contribution in [0.1, 0.15) is 5.56 Å². The summed E-state index contributed by atoms with van der Waals surface area (Å²) in [7, 11) is -1.45. The number of nitrogens with two attached hydrogens (primary N) is 1. The van der Waals surface area contributed by atoms with Crippen molar-refractivity contribution in [1.29, 1.82) is 0 Å². The van der Waals surface area contributed by atoms with Gasteiger partial charge in [-0.15, -0.1) is 5.54 Å². The van der Waals surface area contributed by atoms with Gasteiger partial charge in [-0.3, -0.25) is 0 Å². The highest BCUT2D eigenvalue weighted by Gasteiger charge is 2.10. The minimum Gasteiger partial charge on any atom is -0.383 e. The van der Waals surface area contributed by atoms with Crippen molar-refractivity contribution < 1.29 is 0 Å². The summed E-state index contributed by atoms with van der Waals surface area (Å²) in [4.78, 5) is 8.23. The van der Waals surface area contributed by atoms with Gasteiger partial charge in [0, 0.05) is 23.2 Å². The van der Waals surface area contributed by atoms with Crippen LogP contribution in [-0.2, 0) is 0 Å². The van der Waals surface area contributed by atoms with E-state index in [0.717, 1.165) is 16.3 Å². The molecule has 0 aliphatic carbocycles. The van der Waals surface area contributed by atoms with Crippen molar-refractivity contribution >= 4 is 36.3 Å². The highest BCUT2D eigenvalue weighted by Crippen LogP contribution is 2.22. The summed E-state index contributed by atoms with van der Waals surface area (Å²) in [6.45, 7) is 6.55. The molecule has 0 aliphatic rings. The van der Waals surface area contributed by atoms with Gasteiger partial charge in [-0.1, -0.05) is 37.2 Å². The molecule has 0 saturated carbocycles. The molecule has 0 unspecified atom stereocenters. The largest absolute Gasteiger partial charge is 0.383 e. The average molecular weight is 276 g/mol. The Morgan fingerprint density at radius 2 is 1.94 bits per heavy atom. The van der Waals surface area contributed by atoms with Crippen molar-refractivity contribution in [3.05, 3.63) is 29.2 Å². The van der Waals surface area contributed by atoms with Gasteiger partial charge in [-0.05, 0) is 6.07 Å². The summed E-state index contributed by atoms with van der Waals surface area (Å²) in [6.07, 6.45) is 3.39. The Labute approximate surface area is 112 Å². The van der Waals surface area contributed by atoms with Crippen LogP contribution in [0.3, 0.4) is 0 Å². The Morgan fingerprint density at radius 1 is 1.22 bits per heavy atom. The van der Waals surface area contributed by atoms with Gasteiger partial charge < -0.3 is 5.73 Å². The van der Waals surface area contributed by atoms with Crippen LogP contribution in [0.2, 0.25) is 24.8 Å². The van der Waals surface area contributed by atoms with Crippen LogP contribution in [-0.4, -0.2) is 18.0 Å². The van der Waals surface area contributed by atoms with E-state index in [1.165, 1.54) is 0 Å². The second kappa shape index (κ2) is 4.60. The molecule has 0 atom stereocenters. The van der Waals surface area contributed by atoms with Gasteiger partial charge in [-0.25, -0.2) is 9.97 Å². The third kappa shape index (κ3) is 2.81. The summed E-state index contributed by atoms with van der Waals surface area (Å²) in [5, 5.41) is 2.25. The highest BCUT2D eigenvalue weighted by atomic mass is 35.5. The van der Waals surface area contributed by atoms with E-state index in [9.17, 15) is 0 Å². The molecule has 0 radical (unpaired) electrons. The molecular formula is C13H14ClN3Si. The molecule has 92 valence electrons. The first-order chi connectivity index (χ1) is 8.37. The first-order valence-corrected chi connectivity index (χ1v) is 9.47. The number of fused-ring (bicyclic) bond motifs is 1. The van der Waals surface area contributed by atoms with Gasteiger partial charge in [-0.2, -0.15) is 0 Å². The number of halogens is 1. The molecule has 0 aromatic carbocycles. The summed E-state index contributed by atoms with van der Waals surface area (Å²) in [5.41, 5.74) is 9.94. The zero-order chi connectivity index (χ0) is 13.3. The summed E-state index contributed by atoms with van der Waals surface area (Å²) >= 11 is 5.86. The second-order valence-electron chi connectivity index (χ2n) is 5.11. The molecule has 2 N–H and O–H groups in total. The molecule has 0 saturated heterocycles. The maximum absolute atomic E-state index is 5.90. The van der Waals surface area contributed by atoms with E-state index in [0.29, 0.717) is 11.0 Å². The minimum absolute atomic E-state index is 0.442. The molecular weight excluding hydrogens is 262 g/mol. The lowest BCUT2D eigenvalue weighted by Crippen LogP contribution is -2.16. The molecule has 2 heterocycles. The number of nitrogens with zero attached hydrogens (tertiary/aromatic N) is 2. The fourth-order valence-electron chi connectivity index (χ4n) is 1.48. The molecule has 0 bridgehead atoms. The molecule has 2 aromatic heterocycles. The SMILES string of the molecule is C[Si](C)(C)C#Cc1c(N)ncc2cc(Cl)ncc12. The van der Waals surface area contributed by atoms with E-state index in [1.807, 2.05) is 0 Å². The van der Waals surface area contributed by atoms with Crippen LogP contribution in [0.5, 0.6) is 0 Å². The van der Waals surface area contributed by atoms with Gasteiger partial charge in [0.1, 0.15) is 19.0 Å². The smallest absolute Gasteiger partial charge is 0.139 e. The van der Waals surface area contributed by atoms with Gasteiger partial charge in [0.05, 0.1) is 5.56 Å². The average Bonchev–Trinajstić information content (AvgIpc) is 2.26. The molecule has 0 spiro atoms. The van der Waals surface area contributed by atoms with Crippen molar-refractivity contribution in [2.24, 2.45) is 0 Å². The Morgan fingerprint density at radius 3 is 2.61 bits per heavy atom. The Kier molecular flexibility index (Phi) is 3.29. The molecule has 0 aliphatic heterocycles. The number of hydrogen-bond acceptors (Lipinski definition) is 3. The lowest BCUT2D eigenvalue weighted by atomic mass is 10.1. The number of nitrogen functional groups attached to an aromatic ring is 1. The van der Waals surface area contributed by atoms with Crippen molar-refractivity contribution in [2.45, 2.75) is 19.6 Å². The van der Waals surface area contributed by atoms with Crippen LogP contribution >= 0.6 is 11.6 Å². The van der Waals surface area contributed by atoms with Crippen LogP contribution in [0.25, 0.3) is 10.8 Å². The molecule has 3 nitrogen and oxygen atoms in total. The van der Waals surface area contributed by atoms with Gasteiger partial charge in [0.25, 0.3) is 0 Å². The van der Waals surface area contributed by atoms with Crippen molar-refractivity contribution in [3.63, 3.8) is 0 Å². The molecule has 5 heteroatoms. The maximum Gasteiger partial charge on any atom is 0.139 e. The normalized spacial score (nSPS) is 11.1. The van der Waals surface area contributed by atoms with Gasteiger partial charge in [0.2, 0.25) is 0 Å². The van der Waals surface area contributed by atoms with Gasteiger partial charge >= 0.3 is 0 Å². The second-order valence-corrected chi connectivity index (χ2v) is 10.2. The molecule has 2 aromatic rings. The highest BCUT2D eigenvalue weighted by molar-refractivity contribution is 6.83. The lowest BCUT2D eigenvalue weighted by Gasteiger charge is -2.06. The summed E-state index contributed by atoms with van der Waals surface area (Å²) in [5.74, 6) is 3.60. The van der Waals surface area contributed by atoms with Crippen LogP contribution < -0.4 is 5.73 Å². The quantitative estimate of drug-likeness (QED) is 0.457. The van der Waals surface area contributed by atoms with Crippen molar-refractivity contribution in [2.75, 3.05) is 5.73 Å².